The highest BCUT2D eigenvalue weighted by atomic mass is 19.4. The summed E-state index contributed by atoms with van der Waals surface area (Å²) in [6.45, 7) is 12.5. The van der Waals surface area contributed by atoms with Gasteiger partial charge in [0, 0.05) is 12.6 Å². The minimum atomic E-state index is -4.26. The maximum absolute atomic E-state index is 12.6. The van der Waals surface area contributed by atoms with Crippen molar-refractivity contribution < 1.29 is 13.2 Å². The van der Waals surface area contributed by atoms with Crippen LogP contribution in [0.2, 0.25) is 0 Å². The Bertz CT molecular complexity index is 427. The van der Waals surface area contributed by atoms with Gasteiger partial charge in [0.25, 0.3) is 0 Å². The summed E-state index contributed by atoms with van der Waals surface area (Å²) in [5, 5.41) is 0. The third-order valence-electron chi connectivity index (χ3n) is 3.55. The molecule has 0 amide bonds. The smallest absolute Gasteiger partial charge is 0.297 e. The van der Waals surface area contributed by atoms with Crippen molar-refractivity contribution >= 4 is 0 Å². The summed E-state index contributed by atoms with van der Waals surface area (Å²) < 4.78 is 37.7. The molecule has 0 atom stereocenters. The Morgan fingerprint density at radius 1 is 1.00 bits per heavy atom. The fourth-order valence-corrected chi connectivity index (χ4v) is 2.03. The summed E-state index contributed by atoms with van der Waals surface area (Å²) in [6.07, 6.45) is -3.20. The topological polar surface area (TPSA) is 3.24 Å². The lowest BCUT2D eigenvalue weighted by Crippen LogP contribution is -2.33. The van der Waals surface area contributed by atoms with Gasteiger partial charge < -0.3 is 0 Å². The molecule has 0 aliphatic carbocycles. The van der Waals surface area contributed by atoms with Gasteiger partial charge in [-0.3, -0.25) is 4.90 Å². The van der Waals surface area contributed by atoms with Crippen molar-refractivity contribution in [3.05, 3.63) is 35.4 Å². The first-order chi connectivity index (χ1) is 9.49. The number of rotatable bonds is 5. The Balaban J connectivity index is 2.71. The number of nitrogens with zero attached hydrogens (tertiary/aromatic N) is 1. The van der Waals surface area contributed by atoms with Crippen LogP contribution in [0.4, 0.5) is 13.2 Å². The Labute approximate surface area is 126 Å². The SMILES string of the molecule is CC(C)N(CCC(C)(C)C)Cc1ccc(C(F)(F)F)cc1. The van der Waals surface area contributed by atoms with Crippen LogP contribution in [0.1, 0.15) is 52.2 Å². The monoisotopic (exact) mass is 301 g/mol. The van der Waals surface area contributed by atoms with E-state index in [1.54, 1.807) is 12.1 Å². The second kappa shape index (κ2) is 6.82. The molecule has 0 bridgehead atoms. The fraction of sp³-hybridized carbons (Fsp3) is 0.647. The van der Waals surface area contributed by atoms with E-state index in [0.717, 1.165) is 30.7 Å². The predicted molar refractivity (Wildman–Crippen MR) is 81.1 cm³/mol. The number of benzene rings is 1. The molecule has 0 aromatic heterocycles. The lowest BCUT2D eigenvalue weighted by atomic mass is 9.92. The number of hydrogen-bond donors (Lipinski definition) is 0. The van der Waals surface area contributed by atoms with Crippen molar-refractivity contribution in [2.45, 2.75) is 59.8 Å². The van der Waals surface area contributed by atoms with Crippen LogP contribution in [0, 0.1) is 5.41 Å². The zero-order valence-corrected chi connectivity index (χ0v) is 13.6. The molecular weight excluding hydrogens is 275 g/mol. The summed E-state index contributed by atoms with van der Waals surface area (Å²) >= 11 is 0. The van der Waals surface area contributed by atoms with Crippen molar-refractivity contribution in [2.75, 3.05) is 6.54 Å². The van der Waals surface area contributed by atoms with Crippen LogP contribution in [0.25, 0.3) is 0 Å². The van der Waals surface area contributed by atoms with Gasteiger partial charge in [-0.2, -0.15) is 13.2 Å². The summed E-state index contributed by atoms with van der Waals surface area (Å²) in [4.78, 5) is 2.30. The molecule has 120 valence electrons. The van der Waals surface area contributed by atoms with E-state index in [4.69, 9.17) is 0 Å². The second-order valence-corrected chi connectivity index (χ2v) is 7.07. The minimum absolute atomic E-state index is 0.257. The van der Waals surface area contributed by atoms with Crippen LogP contribution in [0.5, 0.6) is 0 Å². The van der Waals surface area contributed by atoms with Gasteiger partial charge in [0.05, 0.1) is 5.56 Å². The van der Waals surface area contributed by atoms with E-state index in [1.807, 2.05) is 0 Å². The van der Waals surface area contributed by atoms with Crippen molar-refractivity contribution in [3.8, 4) is 0 Å². The Kier molecular flexibility index (Phi) is 5.85. The van der Waals surface area contributed by atoms with Gasteiger partial charge >= 0.3 is 6.18 Å². The zero-order valence-electron chi connectivity index (χ0n) is 13.6. The third kappa shape index (κ3) is 6.51. The largest absolute Gasteiger partial charge is 0.416 e. The molecule has 0 N–H and O–H groups in total. The second-order valence-electron chi connectivity index (χ2n) is 7.07. The van der Waals surface area contributed by atoms with Gasteiger partial charge in [-0.25, -0.2) is 0 Å². The van der Waals surface area contributed by atoms with Crippen molar-refractivity contribution in [2.24, 2.45) is 5.41 Å². The highest BCUT2D eigenvalue weighted by Gasteiger charge is 2.30. The highest BCUT2D eigenvalue weighted by molar-refractivity contribution is 5.24. The summed E-state index contributed by atoms with van der Waals surface area (Å²) in [5.41, 5.74) is 0.593. The van der Waals surface area contributed by atoms with Crippen LogP contribution >= 0.6 is 0 Å². The average Bonchev–Trinajstić information content (AvgIpc) is 2.32. The molecule has 0 aliphatic rings. The molecule has 1 nitrogen and oxygen atoms in total. The van der Waals surface area contributed by atoms with E-state index in [2.05, 4.69) is 39.5 Å². The van der Waals surface area contributed by atoms with Gasteiger partial charge in [0.1, 0.15) is 0 Å². The predicted octanol–water partition coefficient (Wildman–Crippen LogP) is 5.35. The Morgan fingerprint density at radius 3 is 1.90 bits per heavy atom. The lowest BCUT2D eigenvalue weighted by molar-refractivity contribution is -0.137. The van der Waals surface area contributed by atoms with Gasteiger partial charge in [0.15, 0.2) is 0 Å². The number of hydrogen-bond acceptors (Lipinski definition) is 1. The van der Waals surface area contributed by atoms with Crippen LogP contribution in [-0.2, 0) is 12.7 Å². The van der Waals surface area contributed by atoms with Crippen molar-refractivity contribution in [1.29, 1.82) is 0 Å². The average molecular weight is 301 g/mol. The minimum Gasteiger partial charge on any atom is -0.297 e. The first-order valence-corrected chi connectivity index (χ1v) is 7.39. The standard InChI is InChI=1S/C17H26F3N/c1-13(2)21(11-10-16(3,4)5)12-14-6-8-15(9-7-14)17(18,19)20/h6-9,13H,10-12H2,1-5H3. The Morgan fingerprint density at radius 2 is 1.52 bits per heavy atom. The molecule has 21 heavy (non-hydrogen) atoms. The molecule has 0 spiro atoms. The summed E-state index contributed by atoms with van der Waals surface area (Å²) in [6, 6.07) is 5.86. The molecule has 0 fully saturated rings. The maximum atomic E-state index is 12.6. The van der Waals surface area contributed by atoms with E-state index >= 15 is 0 Å². The Hall–Kier alpha value is -1.03. The zero-order chi connectivity index (χ0) is 16.3. The normalized spacial score (nSPS) is 13.2. The highest BCUT2D eigenvalue weighted by Crippen LogP contribution is 2.29. The van der Waals surface area contributed by atoms with Gasteiger partial charge in [0.2, 0.25) is 0 Å². The lowest BCUT2D eigenvalue weighted by Gasteiger charge is -2.30. The first-order valence-electron chi connectivity index (χ1n) is 7.39. The molecule has 0 unspecified atom stereocenters. The molecule has 0 aliphatic heterocycles. The molecule has 1 rings (SSSR count). The van der Waals surface area contributed by atoms with E-state index < -0.39 is 11.7 Å². The van der Waals surface area contributed by atoms with Crippen molar-refractivity contribution in [1.82, 2.24) is 4.90 Å². The van der Waals surface area contributed by atoms with Gasteiger partial charge in [-0.1, -0.05) is 32.9 Å². The van der Waals surface area contributed by atoms with Gasteiger partial charge in [-0.15, -0.1) is 0 Å². The van der Waals surface area contributed by atoms with Crippen LogP contribution < -0.4 is 0 Å². The van der Waals surface area contributed by atoms with Gasteiger partial charge in [-0.05, 0) is 49.9 Å². The molecule has 0 saturated carbocycles. The summed E-state index contributed by atoms with van der Waals surface area (Å²) in [5.74, 6) is 0. The molecule has 0 radical (unpaired) electrons. The fourth-order valence-electron chi connectivity index (χ4n) is 2.03. The molecule has 1 aromatic rings. The maximum Gasteiger partial charge on any atom is 0.416 e. The number of halogens is 3. The first kappa shape index (κ1) is 18.0. The third-order valence-corrected chi connectivity index (χ3v) is 3.55. The van der Waals surface area contributed by atoms with Crippen LogP contribution in [0.3, 0.4) is 0 Å². The molecular formula is C17H26F3N. The summed E-state index contributed by atoms with van der Waals surface area (Å²) in [7, 11) is 0. The molecule has 4 heteroatoms. The number of alkyl halides is 3. The quantitative estimate of drug-likeness (QED) is 0.708. The van der Waals surface area contributed by atoms with Crippen molar-refractivity contribution in [3.63, 3.8) is 0 Å². The van der Waals surface area contributed by atoms with E-state index in [0.29, 0.717) is 12.6 Å². The molecule has 0 heterocycles. The molecule has 1 aromatic carbocycles. The van der Waals surface area contributed by atoms with E-state index in [1.165, 1.54) is 0 Å². The van der Waals surface area contributed by atoms with Crippen LogP contribution in [0.15, 0.2) is 24.3 Å². The van der Waals surface area contributed by atoms with E-state index in [-0.39, 0.29) is 5.41 Å². The van der Waals surface area contributed by atoms with Crippen LogP contribution in [-0.4, -0.2) is 17.5 Å². The van der Waals surface area contributed by atoms with E-state index in [9.17, 15) is 13.2 Å². The molecule has 0 saturated heterocycles.